The Hall–Kier alpha value is -2.65. The Morgan fingerprint density at radius 3 is 2.00 bits per heavy atom. The van der Waals surface area contributed by atoms with Crippen LogP contribution < -0.4 is 16.9 Å². The first-order chi connectivity index (χ1) is 14.7. The lowest BCUT2D eigenvalue weighted by atomic mass is 10.3. The lowest BCUT2D eigenvalue weighted by Crippen LogP contribution is -2.20. The van der Waals surface area contributed by atoms with E-state index >= 15 is 0 Å². The molecular formula is C16H9ClF6N4O3S2. The molecule has 0 fully saturated rings. The molecule has 0 unspecified atom stereocenters. The highest BCUT2D eigenvalue weighted by Crippen LogP contribution is 2.31. The monoisotopic (exact) mass is 518 g/mol. The molecular weight excluding hydrogens is 510 g/mol. The Morgan fingerprint density at radius 2 is 1.41 bits per heavy atom. The molecule has 16 heteroatoms. The first-order valence-corrected chi connectivity index (χ1v) is 10.3. The zero-order chi connectivity index (χ0) is 23.8. The Balaban J connectivity index is 0.000000181. The van der Waals surface area contributed by atoms with Gasteiger partial charge in [-0.05, 0) is 12.1 Å². The molecule has 4 heterocycles. The molecule has 7 nitrogen and oxygen atoms in total. The fourth-order valence-corrected chi connectivity index (χ4v) is 4.95. The molecule has 0 atom stereocenters. The molecule has 0 aliphatic carbocycles. The van der Waals surface area contributed by atoms with Crippen LogP contribution in [0.1, 0.15) is 9.75 Å². The fraction of sp³-hybridized carbons (Fsp3) is 0.250. The third kappa shape index (κ3) is 6.20. The predicted octanol–water partition coefficient (Wildman–Crippen LogP) is 4.13. The van der Waals surface area contributed by atoms with Crippen molar-refractivity contribution in [2.24, 2.45) is 0 Å². The molecule has 0 radical (unpaired) electrons. The summed E-state index contributed by atoms with van der Waals surface area (Å²) in [7, 11) is 0. The number of H-pyrrole nitrogens is 3. The van der Waals surface area contributed by atoms with Crippen LogP contribution in [0, 0.1) is 0 Å². The van der Waals surface area contributed by atoms with E-state index in [0.717, 1.165) is 28.7 Å². The van der Waals surface area contributed by atoms with E-state index < -0.39 is 42.1 Å². The quantitative estimate of drug-likeness (QED) is 0.274. The number of halogens is 7. The van der Waals surface area contributed by atoms with Gasteiger partial charge in [0, 0.05) is 15.1 Å². The molecule has 4 aromatic heterocycles. The second-order valence-corrected chi connectivity index (χ2v) is 8.87. The molecule has 172 valence electrons. The highest BCUT2D eigenvalue weighted by Gasteiger charge is 2.29. The number of thiophene rings is 2. The van der Waals surface area contributed by atoms with Gasteiger partial charge in [0.1, 0.15) is 14.8 Å². The molecule has 3 N–H and O–H groups in total. The molecule has 0 spiro atoms. The van der Waals surface area contributed by atoms with E-state index in [4.69, 9.17) is 11.6 Å². The number of nitrogens with zero attached hydrogens (tertiary/aromatic N) is 1. The van der Waals surface area contributed by atoms with Crippen LogP contribution in [0.25, 0.3) is 20.4 Å². The summed E-state index contributed by atoms with van der Waals surface area (Å²) in [5, 5.41) is 0.425. The van der Waals surface area contributed by atoms with E-state index in [-0.39, 0.29) is 30.0 Å². The summed E-state index contributed by atoms with van der Waals surface area (Å²) in [5.41, 5.74) is -2.07. The Bertz CT molecular complexity index is 1450. The Kier molecular flexibility index (Phi) is 6.53. The molecule has 0 bridgehead atoms. The number of alkyl halides is 6. The van der Waals surface area contributed by atoms with Gasteiger partial charge in [0.2, 0.25) is 0 Å². The van der Waals surface area contributed by atoms with Gasteiger partial charge >= 0.3 is 23.7 Å². The summed E-state index contributed by atoms with van der Waals surface area (Å²) in [6.45, 7) is 0. The predicted molar refractivity (Wildman–Crippen MR) is 108 cm³/mol. The average molecular weight is 519 g/mol. The number of rotatable bonds is 2. The van der Waals surface area contributed by atoms with E-state index in [0.29, 0.717) is 5.39 Å². The Morgan fingerprint density at radius 1 is 0.844 bits per heavy atom. The van der Waals surface area contributed by atoms with Gasteiger partial charge in [0.15, 0.2) is 0 Å². The van der Waals surface area contributed by atoms with Crippen LogP contribution in [0.3, 0.4) is 0 Å². The van der Waals surface area contributed by atoms with Crippen molar-refractivity contribution in [3.63, 3.8) is 0 Å². The van der Waals surface area contributed by atoms with Gasteiger partial charge in [-0.3, -0.25) is 19.7 Å². The normalized spacial score (nSPS) is 12.2. The largest absolute Gasteiger partial charge is 0.393 e. The number of hydrogen-bond acceptors (Lipinski definition) is 6. The third-order valence-electron chi connectivity index (χ3n) is 3.65. The molecule has 0 saturated heterocycles. The van der Waals surface area contributed by atoms with Gasteiger partial charge < -0.3 is 0 Å². The van der Waals surface area contributed by atoms with Crippen molar-refractivity contribution in [1.29, 1.82) is 0 Å². The molecule has 4 rings (SSSR count). The number of fused-ring (bicyclic) bond motifs is 2. The second-order valence-electron chi connectivity index (χ2n) is 6.24. The van der Waals surface area contributed by atoms with Crippen molar-refractivity contribution in [1.82, 2.24) is 19.9 Å². The lowest BCUT2D eigenvalue weighted by Gasteiger charge is -2.01. The van der Waals surface area contributed by atoms with Gasteiger partial charge in [-0.2, -0.15) is 31.3 Å². The number of aromatic amines is 3. The lowest BCUT2D eigenvalue weighted by molar-refractivity contribution is -0.127. The Labute approximate surface area is 184 Å². The first kappa shape index (κ1) is 24.0. The maximum Gasteiger partial charge on any atom is 0.393 e. The molecule has 0 aromatic carbocycles. The van der Waals surface area contributed by atoms with Crippen molar-refractivity contribution in [3.05, 3.63) is 58.4 Å². The highest BCUT2D eigenvalue weighted by atomic mass is 35.5. The zero-order valence-corrected chi connectivity index (χ0v) is 17.6. The molecule has 0 aliphatic heterocycles. The van der Waals surface area contributed by atoms with Crippen molar-refractivity contribution in [2.45, 2.75) is 25.2 Å². The van der Waals surface area contributed by atoms with Gasteiger partial charge in [0.25, 0.3) is 5.56 Å². The smallest absolute Gasteiger partial charge is 0.298 e. The molecule has 0 aliphatic rings. The molecule has 0 saturated carbocycles. The van der Waals surface area contributed by atoms with E-state index in [1.54, 1.807) is 0 Å². The van der Waals surface area contributed by atoms with Crippen LogP contribution >= 0.6 is 34.3 Å². The molecule has 32 heavy (non-hydrogen) atoms. The SMILES string of the molecule is O=c1[nH]c(=O)c2cc(CC(F)(F)F)sc2[nH]1.O=c1nc2sc(CC(F)(F)F)cc2c(Cl)[nH]1. The summed E-state index contributed by atoms with van der Waals surface area (Å²) in [5.74, 6) is 0. The maximum absolute atomic E-state index is 12.1. The standard InChI is InChI=1S/C8H4ClF3N2OS.C8H5F3N2O2S/c9-5-4-1-3(2-8(10,11)12)16-6(4)14-7(15)13-5;9-8(10,11)2-3-1-4-5(14)12-7(15)13-6(4)16-3/h1H,2H2,(H,13,14,15);1H,2H2,(H2,12,13,14,15). The van der Waals surface area contributed by atoms with Gasteiger partial charge in [-0.15, -0.1) is 22.7 Å². The van der Waals surface area contributed by atoms with E-state index in [9.17, 15) is 40.7 Å². The summed E-state index contributed by atoms with van der Waals surface area (Å²) in [4.78, 5) is 43.5. The van der Waals surface area contributed by atoms with Crippen molar-refractivity contribution in [2.75, 3.05) is 0 Å². The van der Waals surface area contributed by atoms with Crippen LogP contribution in [-0.2, 0) is 12.8 Å². The summed E-state index contributed by atoms with van der Waals surface area (Å²) in [6.07, 6.45) is -10.8. The van der Waals surface area contributed by atoms with Gasteiger partial charge in [-0.1, -0.05) is 11.6 Å². The van der Waals surface area contributed by atoms with Crippen LogP contribution in [-0.4, -0.2) is 32.3 Å². The average Bonchev–Trinajstić information content (AvgIpc) is 3.15. The van der Waals surface area contributed by atoms with Crippen LogP contribution in [0.2, 0.25) is 5.15 Å². The minimum Gasteiger partial charge on any atom is -0.298 e. The van der Waals surface area contributed by atoms with E-state index in [2.05, 4.69) is 15.0 Å². The van der Waals surface area contributed by atoms with Crippen molar-refractivity contribution in [3.8, 4) is 0 Å². The first-order valence-electron chi connectivity index (χ1n) is 8.27. The van der Waals surface area contributed by atoms with Gasteiger partial charge in [-0.25, -0.2) is 9.59 Å². The van der Waals surface area contributed by atoms with Crippen LogP contribution in [0.15, 0.2) is 26.5 Å². The van der Waals surface area contributed by atoms with Crippen molar-refractivity contribution >= 4 is 54.7 Å². The van der Waals surface area contributed by atoms with Gasteiger partial charge in [0.05, 0.1) is 18.2 Å². The summed E-state index contributed by atoms with van der Waals surface area (Å²) < 4.78 is 72.7. The molecule has 4 aromatic rings. The summed E-state index contributed by atoms with van der Waals surface area (Å²) >= 11 is 7.25. The van der Waals surface area contributed by atoms with Crippen molar-refractivity contribution < 1.29 is 26.3 Å². The number of hydrogen-bond donors (Lipinski definition) is 3. The van der Waals surface area contributed by atoms with E-state index in [1.807, 2.05) is 4.98 Å². The van der Waals surface area contributed by atoms with Crippen LogP contribution in [0.5, 0.6) is 0 Å². The van der Waals surface area contributed by atoms with E-state index in [1.165, 1.54) is 6.07 Å². The maximum atomic E-state index is 12.1. The fourth-order valence-electron chi connectivity index (χ4n) is 2.53. The third-order valence-corrected chi connectivity index (χ3v) is 6.03. The second kappa shape index (κ2) is 8.71. The minimum atomic E-state index is -4.33. The highest BCUT2D eigenvalue weighted by molar-refractivity contribution is 7.19. The summed E-state index contributed by atoms with van der Waals surface area (Å²) in [6, 6.07) is 2.43. The topological polar surface area (TPSA) is 111 Å². The number of nitrogens with one attached hydrogen (secondary N) is 3. The molecule has 0 amide bonds. The zero-order valence-electron chi connectivity index (χ0n) is 15.2. The van der Waals surface area contributed by atoms with Crippen LogP contribution in [0.4, 0.5) is 26.3 Å². The minimum absolute atomic E-state index is 0.00477. The number of aromatic nitrogens is 4.